The number of nitrogens with two attached hydrogens (primary N) is 1. The molecule has 0 atom stereocenters. The second-order valence-electron chi connectivity index (χ2n) is 5.89. The summed E-state index contributed by atoms with van der Waals surface area (Å²) in [5.74, 6) is -0.199. The zero-order valence-corrected chi connectivity index (χ0v) is 17.5. The first-order chi connectivity index (χ1) is 14.0. The number of benzene rings is 1. The molecule has 0 unspecified atom stereocenters. The maximum Gasteiger partial charge on any atom is 0.261 e. The highest BCUT2D eigenvalue weighted by atomic mass is 35.5. The molecule has 2 heterocycles. The molecule has 3 aromatic rings. The minimum absolute atomic E-state index is 0.199. The Kier molecular flexibility index (Phi) is 6.87. The zero-order chi connectivity index (χ0) is 20.8. The molecule has 0 spiro atoms. The van der Waals surface area contributed by atoms with E-state index in [0.717, 1.165) is 16.8 Å². The first kappa shape index (κ1) is 20.9. The van der Waals surface area contributed by atoms with Gasteiger partial charge in [-0.1, -0.05) is 53.2 Å². The molecule has 3 rings (SSSR count). The Hall–Kier alpha value is -2.87. The topological polar surface area (TPSA) is 85.8 Å². The van der Waals surface area contributed by atoms with Crippen LogP contribution < -0.4 is 11.1 Å². The molecule has 9 heteroatoms. The maximum absolute atomic E-state index is 12.1. The number of halogens is 2. The van der Waals surface area contributed by atoms with Crippen LogP contribution in [0, 0.1) is 0 Å². The second-order valence-corrected chi connectivity index (χ2v) is 8.09. The maximum atomic E-state index is 12.1. The van der Waals surface area contributed by atoms with Gasteiger partial charge in [-0.2, -0.15) is 0 Å². The van der Waals surface area contributed by atoms with E-state index in [0.29, 0.717) is 19.9 Å². The van der Waals surface area contributed by atoms with Crippen LogP contribution in [0.25, 0.3) is 11.3 Å². The van der Waals surface area contributed by atoms with E-state index in [1.54, 1.807) is 35.2 Å². The van der Waals surface area contributed by atoms with E-state index in [1.165, 1.54) is 17.5 Å². The summed E-state index contributed by atoms with van der Waals surface area (Å²) < 4.78 is 2.20. The van der Waals surface area contributed by atoms with E-state index in [4.69, 9.17) is 28.9 Å². The third-order valence-corrected chi connectivity index (χ3v) is 5.21. The van der Waals surface area contributed by atoms with E-state index in [2.05, 4.69) is 22.2 Å². The standard InChI is InChI=1S/C20H17Cl2N5OS/c1-13(21)2-3-15(10-23)14-4-6-17(7-5-14)27-12-16(25-26-27)11-24-20(28)18-8-9-19(22)29-18/h2-10,12H,1,11,23H2,(H,24,28)/b3-2-,15-10+. The van der Waals surface area contributed by atoms with Crippen LogP contribution in [0.3, 0.4) is 0 Å². The van der Waals surface area contributed by atoms with Gasteiger partial charge in [-0.15, -0.1) is 16.4 Å². The lowest BCUT2D eigenvalue weighted by atomic mass is 10.1. The predicted molar refractivity (Wildman–Crippen MR) is 118 cm³/mol. The molecule has 0 aliphatic carbocycles. The molecule has 0 aliphatic rings. The van der Waals surface area contributed by atoms with E-state index in [9.17, 15) is 4.79 Å². The lowest BCUT2D eigenvalue weighted by Gasteiger charge is -2.04. The molecule has 2 aromatic heterocycles. The lowest BCUT2D eigenvalue weighted by Crippen LogP contribution is -2.21. The van der Waals surface area contributed by atoms with Crippen LogP contribution in [0.15, 0.2) is 72.6 Å². The normalized spacial score (nSPS) is 11.7. The highest BCUT2D eigenvalue weighted by molar-refractivity contribution is 7.17. The Morgan fingerprint density at radius 3 is 2.62 bits per heavy atom. The van der Waals surface area contributed by atoms with Gasteiger partial charge in [0.25, 0.3) is 5.91 Å². The van der Waals surface area contributed by atoms with Crippen LogP contribution in [0.5, 0.6) is 0 Å². The van der Waals surface area contributed by atoms with E-state index >= 15 is 0 Å². The molecular weight excluding hydrogens is 429 g/mol. The van der Waals surface area contributed by atoms with Gasteiger partial charge >= 0.3 is 0 Å². The number of rotatable bonds is 7. The summed E-state index contributed by atoms with van der Waals surface area (Å²) in [7, 11) is 0. The van der Waals surface area contributed by atoms with E-state index in [1.807, 2.05) is 24.3 Å². The van der Waals surface area contributed by atoms with Crippen molar-refractivity contribution in [2.45, 2.75) is 6.54 Å². The number of allylic oxidation sites excluding steroid dienone is 4. The fourth-order valence-electron chi connectivity index (χ4n) is 2.43. The molecule has 29 heavy (non-hydrogen) atoms. The monoisotopic (exact) mass is 445 g/mol. The van der Waals surface area contributed by atoms with Crippen LogP contribution in [0.2, 0.25) is 4.34 Å². The summed E-state index contributed by atoms with van der Waals surface area (Å²) in [4.78, 5) is 12.6. The van der Waals surface area contributed by atoms with Crippen molar-refractivity contribution in [3.63, 3.8) is 0 Å². The van der Waals surface area contributed by atoms with Crippen molar-refractivity contribution in [2.24, 2.45) is 5.73 Å². The average Bonchev–Trinajstić information content (AvgIpc) is 3.36. The van der Waals surface area contributed by atoms with Crippen molar-refractivity contribution in [2.75, 3.05) is 0 Å². The molecule has 0 saturated carbocycles. The number of carbonyl (C=O) groups is 1. The number of nitrogens with one attached hydrogen (secondary N) is 1. The Bertz CT molecular complexity index is 1080. The molecule has 3 N–H and O–H groups in total. The van der Waals surface area contributed by atoms with Crippen LogP contribution in [-0.2, 0) is 6.54 Å². The van der Waals surface area contributed by atoms with Crippen LogP contribution >= 0.6 is 34.5 Å². The van der Waals surface area contributed by atoms with E-state index < -0.39 is 0 Å². The molecule has 0 fully saturated rings. The number of nitrogens with zero attached hydrogens (tertiary/aromatic N) is 3. The molecular formula is C20H17Cl2N5OS. The third-order valence-electron chi connectivity index (χ3n) is 3.86. The van der Waals surface area contributed by atoms with Gasteiger partial charge in [0.15, 0.2) is 0 Å². The van der Waals surface area contributed by atoms with Crippen molar-refractivity contribution in [1.29, 1.82) is 0 Å². The van der Waals surface area contributed by atoms with Gasteiger partial charge in [-0.25, -0.2) is 4.68 Å². The molecule has 148 valence electrons. The molecule has 1 aromatic carbocycles. The van der Waals surface area contributed by atoms with Gasteiger partial charge in [0.05, 0.1) is 27.6 Å². The first-order valence-electron chi connectivity index (χ1n) is 8.46. The Morgan fingerprint density at radius 1 is 1.24 bits per heavy atom. The fraction of sp³-hybridized carbons (Fsp3) is 0.0500. The van der Waals surface area contributed by atoms with Crippen molar-refractivity contribution < 1.29 is 4.79 Å². The van der Waals surface area contributed by atoms with Crippen LogP contribution in [0.1, 0.15) is 20.9 Å². The van der Waals surface area contributed by atoms with Crippen LogP contribution in [-0.4, -0.2) is 20.9 Å². The van der Waals surface area contributed by atoms with Gasteiger partial charge in [0.1, 0.15) is 5.69 Å². The highest BCUT2D eigenvalue weighted by Gasteiger charge is 2.10. The summed E-state index contributed by atoms with van der Waals surface area (Å²) in [5, 5.41) is 11.4. The zero-order valence-electron chi connectivity index (χ0n) is 15.2. The van der Waals surface area contributed by atoms with Gasteiger partial charge in [-0.05, 0) is 41.5 Å². The Balaban J connectivity index is 1.65. The number of aromatic nitrogens is 3. The highest BCUT2D eigenvalue weighted by Crippen LogP contribution is 2.21. The number of amides is 1. The largest absolute Gasteiger partial charge is 0.404 e. The molecule has 0 radical (unpaired) electrons. The van der Waals surface area contributed by atoms with E-state index in [-0.39, 0.29) is 12.5 Å². The van der Waals surface area contributed by atoms with Crippen molar-refractivity contribution in [1.82, 2.24) is 20.3 Å². The number of hydrogen-bond donors (Lipinski definition) is 2. The molecule has 0 bridgehead atoms. The van der Waals surface area contributed by atoms with Crippen LogP contribution in [0.4, 0.5) is 0 Å². The minimum atomic E-state index is -0.199. The molecule has 1 amide bonds. The number of hydrogen-bond acceptors (Lipinski definition) is 5. The fourth-order valence-corrected chi connectivity index (χ4v) is 3.46. The summed E-state index contributed by atoms with van der Waals surface area (Å²) >= 11 is 12.8. The Labute approximate surface area is 181 Å². The van der Waals surface area contributed by atoms with Crippen molar-refractivity contribution >= 4 is 46.0 Å². The number of carbonyl (C=O) groups excluding carboxylic acids is 1. The molecule has 0 aliphatic heterocycles. The quantitative estimate of drug-likeness (QED) is 0.523. The number of thiophene rings is 1. The lowest BCUT2D eigenvalue weighted by molar-refractivity contribution is 0.0954. The first-order valence-corrected chi connectivity index (χ1v) is 10.0. The summed E-state index contributed by atoms with van der Waals surface area (Å²) in [6.07, 6.45) is 6.73. The third kappa shape index (κ3) is 5.57. The smallest absolute Gasteiger partial charge is 0.261 e. The second kappa shape index (κ2) is 9.56. The van der Waals surface area contributed by atoms with Gasteiger partial charge in [0, 0.05) is 11.2 Å². The summed E-state index contributed by atoms with van der Waals surface area (Å²) in [6, 6.07) is 11.0. The molecule has 6 nitrogen and oxygen atoms in total. The van der Waals surface area contributed by atoms with Gasteiger partial charge < -0.3 is 11.1 Å². The average molecular weight is 446 g/mol. The summed E-state index contributed by atoms with van der Waals surface area (Å²) in [6.45, 7) is 3.88. The summed E-state index contributed by atoms with van der Waals surface area (Å²) in [5.41, 5.74) is 8.89. The minimum Gasteiger partial charge on any atom is -0.404 e. The van der Waals surface area contributed by atoms with Gasteiger partial charge in [0.2, 0.25) is 0 Å². The van der Waals surface area contributed by atoms with Crippen molar-refractivity contribution in [3.05, 3.63) is 93.0 Å². The Morgan fingerprint density at radius 2 is 2.00 bits per heavy atom. The van der Waals surface area contributed by atoms with Gasteiger partial charge in [-0.3, -0.25) is 4.79 Å². The SMILES string of the molecule is C=C(Cl)/C=C\C(=C/N)c1ccc(-n2cc(CNC(=O)c3ccc(Cl)s3)nn2)cc1. The molecule has 0 saturated heterocycles. The van der Waals surface area contributed by atoms with Crippen molar-refractivity contribution in [3.8, 4) is 5.69 Å². The predicted octanol–water partition coefficient (Wildman–Crippen LogP) is 4.52.